The molecule has 13 nitrogen and oxygen atoms in total. The van der Waals surface area contributed by atoms with Gasteiger partial charge in [0.2, 0.25) is 0 Å². The van der Waals surface area contributed by atoms with Gasteiger partial charge in [-0.25, -0.2) is 4.79 Å². The third kappa shape index (κ3) is 8.47. The van der Waals surface area contributed by atoms with Gasteiger partial charge in [0.15, 0.2) is 0 Å². The topological polar surface area (TPSA) is 194 Å². The summed E-state index contributed by atoms with van der Waals surface area (Å²) in [4.78, 5) is 57.9. The Balaban J connectivity index is 0.000000263. The van der Waals surface area contributed by atoms with Crippen LogP contribution in [0.1, 0.15) is 60.3 Å². The standard InChI is InChI=1S/C22H21N3O7.C15H19NO2/c1-3-32-22(27)20(13(2)18-9-8-14-6-4-5-7-19(14)18)23-21(26)15-10-16(24(28)29)12-17(11-15)25(30)31;1-3-18-15(17)14(16)10(2)12-9-8-11-6-4-5-7-13(11)12/h4-7,9-13,20H,3,8H2,1-2H3,(H,23,26);4-7,9-10,14H,3,8,16H2,1-2H3/t13-,20-;10-,14-/m00/s1. The number of nitrogens with one attached hydrogen (secondary N) is 1. The normalized spacial score (nSPS) is 15.0. The number of fused-ring (bicyclic) bond motifs is 2. The molecule has 0 unspecified atom stereocenters. The molecule has 1 amide bonds. The Morgan fingerprint density at radius 2 is 1.22 bits per heavy atom. The molecule has 0 aliphatic heterocycles. The van der Waals surface area contributed by atoms with Crippen LogP contribution in [-0.4, -0.2) is 53.0 Å². The maximum Gasteiger partial charge on any atom is 0.329 e. The molecule has 262 valence electrons. The molecule has 0 heterocycles. The zero-order valence-corrected chi connectivity index (χ0v) is 28.3. The first kappa shape index (κ1) is 37.1. The molecule has 2 aliphatic carbocycles. The fourth-order valence-electron chi connectivity index (χ4n) is 6.08. The number of nitrogens with zero attached hydrogens (tertiary/aromatic N) is 2. The van der Waals surface area contributed by atoms with Gasteiger partial charge < -0.3 is 20.5 Å². The summed E-state index contributed by atoms with van der Waals surface area (Å²) in [6.45, 7) is 7.64. The van der Waals surface area contributed by atoms with Crippen LogP contribution in [-0.2, 0) is 31.9 Å². The summed E-state index contributed by atoms with van der Waals surface area (Å²) < 4.78 is 10.1. The van der Waals surface area contributed by atoms with Crippen molar-refractivity contribution in [1.82, 2.24) is 5.32 Å². The van der Waals surface area contributed by atoms with E-state index in [1.54, 1.807) is 20.8 Å². The largest absolute Gasteiger partial charge is 0.465 e. The molecule has 4 atom stereocenters. The van der Waals surface area contributed by atoms with Crippen molar-refractivity contribution in [2.24, 2.45) is 17.6 Å². The van der Waals surface area contributed by atoms with E-state index < -0.39 is 51.1 Å². The first-order chi connectivity index (χ1) is 23.9. The Morgan fingerprint density at radius 1 is 0.760 bits per heavy atom. The molecule has 0 radical (unpaired) electrons. The minimum atomic E-state index is -1.10. The summed E-state index contributed by atoms with van der Waals surface area (Å²) >= 11 is 0. The quantitative estimate of drug-likeness (QED) is 0.138. The van der Waals surface area contributed by atoms with Crippen molar-refractivity contribution in [2.75, 3.05) is 13.2 Å². The van der Waals surface area contributed by atoms with Gasteiger partial charge in [-0.05, 0) is 60.1 Å². The maximum atomic E-state index is 12.9. The van der Waals surface area contributed by atoms with Crippen LogP contribution < -0.4 is 11.1 Å². The molecule has 0 saturated carbocycles. The number of nitro benzene ring substituents is 2. The van der Waals surface area contributed by atoms with Gasteiger partial charge in [-0.2, -0.15) is 0 Å². The van der Waals surface area contributed by atoms with Gasteiger partial charge in [0.25, 0.3) is 17.3 Å². The molecule has 3 aromatic rings. The predicted octanol–water partition coefficient (Wildman–Crippen LogP) is 5.59. The van der Waals surface area contributed by atoms with Crippen LogP contribution in [0.2, 0.25) is 0 Å². The van der Waals surface area contributed by atoms with Gasteiger partial charge in [-0.3, -0.25) is 29.8 Å². The molecular weight excluding hydrogens is 644 g/mol. The number of non-ortho nitro benzene ring substituents is 2. The molecule has 5 rings (SSSR count). The Kier molecular flexibility index (Phi) is 12.3. The second kappa shape index (κ2) is 16.6. The number of nitrogens with two attached hydrogens (primary N) is 1. The number of esters is 2. The van der Waals surface area contributed by atoms with E-state index in [9.17, 15) is 34.6 Å². The number of allylic oxidation sites excluding steroid dienone is 2. The zero-order chi connectivity index (χ0) is 36.5. The molecule has 0 spiro atoms. The maximum absolute atomic E-state index is 12.9. The number of benzene rings is 3. The number of hydrogen-bond donors (Lipinski definition) is 2. The predicted molar refractivity (Wildman–Crippen MR) is 187 cm³/mol. The van der Waals surface area contributed by atoms with Crippen molar-refractivity contribution in [3.05, 3.63) is 127 Å². The Morgan fingerprint density at radius 3 is 1.70 bits per heavy atom. The first-order valence-electron chi connectivity index (χ1n) is 16.3. The summed E-state index contributed by atoms with van der Waals surface area (Å²) in [6.07, 6.45) is 5.75. The number of carbonyl (C=O) groups is 3. The lowest BCUT2D eigenvalue weighted by atomic mass is 9.89. The third-order valence-electron chi connectivity index (χ3n) is 8.73. The van der Waals surface area contributed by atoms with Crippen molar-refractivity contribution in [1.29, 1.82) is 0 Å². The highest BCUT2D eigenvalue weighted by molar-refractivity contribution is 5.98. The SMILES string of the molecule is CCOC(=O)[C@@H](N)[C@@H](C)C1=CCc2ccccc21.CCOC(=O)[C@@H](NC(=O)c1cc([N+](=O)[O-])cc([N+](=O)[O-])c1)[C@@H](C)C1=CCc2ccccc21. The van der Waals surface area contributed by atoms with Crippen molar-refractivity contribution >= 4 is 40.4 Å². The van der Waals surface area contributed by atoms with E-state index in [1.807, 2.05) is 49.4 Å². The lowest BCUT2D eigenvalue weighted by molar-refractivity contribution is -0.394. The first-order valence-corrected chi connectivity index (χ1v) is 16.3. The van der Waals surface area contributed by atoms with E-state index in [0.29, 0.717) is 13.0 Å². The molecule has 3 aromatic carbocycles. The van der Waals surface area contributed by atoms with Gasteiger partial charge >= 0.3 is 11.9 Å². The minimum Gasteiger partial charge on any atom is -0.465 e. The molecule has 0 saturated heterocycles. The van der Waals surface area contributed by atoms with Crippen LogP contribution in [0.15, 0.2) is 78.9 Å². The number of carbonyl (C=O) groups excluding carboxylic acids is 3. The van der Waals surface area contributed by atoms with Gasteiger partial charge in [0.1, 0.15) is 12.1 Å². The molecule has 13 heteroatoms. The highest BCUT2D eigenvalue weighted by Gasteiger charge is 2.34. The molecular formula is C37H40N4O9. The second-order valence-electron chi connectivity index (χ2n) is 11.9. The summed E-state index contributed by atoms with van der Waals surface area (Å²) in [5.41, 5.74) is 11.1. The number of nitro groups is 2. The fraction of sp³-hybridized carbons (Fsp3) is 0.324. The molecule has 0 fully saturated rings. The summed E-state index contributed by atoms with van der Waals surface area (Å²) in [5, 5.41) is 24.8. The smallest absolute Gasteiger partial charge is 0.329 e. The average molecular weight is 685 g/mol. The van der Waals surface area contributed by atoms with Gasteiger partial charge in [-0.15, -0.1) is 0 Å². The minimum absolute atomic E-state index is 0.0206. The molecule has 50 heavy (non-hydrogen) atoms. The Hall–Kier alpha value is -5.69. The number of ether oxygens (including phenoxy) is 2. The van der Waals surface area contributed by atoms with Crippen LogP contribution in [0, 0.1) is 32.1 Å². The molecule has 0 aromatic heterocycles. The lowest BCUT2D eigenvalue weighted by Gasteiger charge is -2.25. The zero-order valence-electron chi connectivity index (χ0n) is 28.3. The van der Waals surface area contributed by atoms with E-state index in [2.05, 4.69) is 23.5 Å². The van der Waals surface area contributed by atoms with Gasteiger partial charge in [-0.1, -0.05) is 74.5 Å². The van der Waals surface area contributed by atoms with E-state index in [0.717, 1.165) is 46.9 Å². The Bertz CT molecular complexity index is 1820. The van der Waals surface area contributed by atoms with E-state index in [4.69, 9.17) is 15.2 Å². The number of hydrogen-bond acceptors (Lipinski definition) is 10. The highest BCUT2D eigenvalue weighted by Crippen LogP contribution is 2.35. The van der Waals surface area contributed by atoms with E-state index >= 15 is 0 Å². The van der Waals surface area contributed by atoms with Crippen LogP contribution in [0.5, 0.6) is 0 Å². The van der Waals surface area contributed by atoms with E-state index in [1.165, 1.54) is 11.1 Å². The molecule has 2 aliphatic rings. The van der Waals surface area contributed by atoms with Crippen molar-refractivity contribution < 1.29 is 33.7 Å². The summed E-state index contributed by atoms with van der Waals surface area (Å²) in [6, 6.07) is 16.9. The third-order valence-corrected chi connectivity index (χ3v) is 8.73. The van der Waals surface area contributed by atoms with Crippen molar-refractivity contribution in [3.8, 4) is 0 Å². The molecule has 0 bridgehead atoms. The number of rotatable bonds is 12. The van der Waals surface area contributed by atoms with Gasteiger partial charge in [0, 0.05) is 24.0 Å². The van der Waals surface area contributed by atoms with Gasteiger partial charge in [0.05, 0.1) is 34.7 Å². The van der Waals surface area contributed by atoms with Crippen LogP contribution in [0.25, 0.3) is 11.1 Å². The summed E-state index contributed by atoms with van der Waals surface area (Å²) in [5.74, 6) is -2.34. The monoisotopic (exact) mass is 684 g/mol. The van der Waals surface area contributed by atoms with Crippen molar-refractivity contribution in [3.63, 3.8) is 0 Å². The fourth-order valence-corrected chi connectivity index (χ4v) is 6.08. The van der Waals surface area contributed by atoms with Crippen LogP contribution >= 0.6 is 0 Å². The molecule has 3 N–H and O–H groups in total. The van der Waals surface area contributed by atoms with Crippen LogP contribution in [0.4, 0.5) is 11.4 Å². The average Bonchev–Trinajstić information content (AvgIpc) is 3.74. The summed E-state index contributed by atoms with van der Waals surface area (Å²) in [7, 11) is 0. The van der Waals surface area contributed by atoms with Crippen molar-refractivity contribution in [2.45, 2.75) is 52.6 Å². The lowest BCUT2D eigenvalue weighted by Crippen LogP contribution is -2.46. The second-order valence-corrected chi connectivity index (χ2v) is 11.9. The van der Waals surface area contributed by atoms with Crippen LogP contribution in [0.3, 0.4) is 0 Å². The highest BCUT2D eigenvalue weighted by atomic mass is 16.6. The Labute approximate surface area is 289 Å². The van der Waals surface area contributed by atoms with E-state index in [-0.39, 0.29) is 24.1 Å². The number of amides is 1.